The van der Waals surface area contributed by atoms with E-state index in [1.807, 2.05) is 0 Å². The zero-order valence-corrected chi connectivity index (χ0v) is 20.8. The highest BCUT2D eigenvalue weighted by atomic mass is 32.1. The van der Waals surface area contributed by atoms with Crippen LogP contribution in [0.4, 0.5) is 0 Å². The number of nitrogens with one attached hydrogen (secondary N) is 3. The lowest BCUT2D eigenvalue weighted by atomic mass is 9.99. The second-order valence-corrected chi connectivity index (χ2v) is 8.68. The van der Waals surface area contributed by atoms with Crippen molar-refractivity contribution in [1.29, 1.82) is 0 Å². The van der Waals surface area contributed by atoms with Gasteiger partial charge in [-0.2, -0.15) is 12.6 Å². The third-order valence-electron chi connectivity index (χ3n) is 5.55. The maximum Gasteiger partial charge on any atom is 0.326 e. The van der Waals surface area contributed by atoms with Crippen LogP contribution in [-0.4, -0.2) is 64.6 Å². The van der Waals surface area contributed by atoms with Gasteiger partial charge in [0.25, 0.3) is 0 Å². The maximum absolute atomic E-state index is 13.1. The maximum atomic E-state index is 13.1. The SMILES string of the molecule is CCC(C)C(NC(=O)C(CS)NC(=O)C(Cc1ccccc1)NC(=O)C(N)CCC(N)=O)C(=O)O. The number of aliphatic carboxylic acids is 1. The molecular weight excluding hydrogens is 474 g/mol. The van der Waals surface area contributed by atoms with Crippen molar-refractivity contribution in [3.8, 4) is 0 Å². The molecule has 0 saturated carbocycles. The largest absolute Gasteiger partial charge is 0.480 e. The molecule has 8 N–H and O–H groups in total. The number of benzene rings is 1. The zero-order chi connectivity index (χ0) is 26.5. The average Bonchev–Trinajstić information content (AvgIpc) is 2.83. The molecule has 0 heterocycles. The molecule has 5 unspecified atom stereocenters. The van der Waals surface area contributed by atoms with E-state index in [4.69, 9.17) is 11.5 Å². The molecule has 4 amide bonds. The van der Waals surface area contributed by atoms with Crippen LogP contribution in [-0.2, 0) is 30.4 Å². The summed E-state index contributed by atoms with van der Waals surface area (Å²) in [5.74, 6) is -4.26. The van der Waals surface area contributed by atoms with Crippen molar-refractivity contribution in [3.05, 3.63) is 35.9 Å². The van der Waals surface area contributed by atoms with Gasteiger partial charge in [0, 0.05) is 18.6 Å². The minimum absolute atomic E-state index is 0.00863. The van der Waals surface area contributed by atoms with Gasteiger partial charge in [0.1, 0.15) is 18.1 Å². The fourth-order valence-corrected chi connectivity index (χ4v) is 3.43. The number of nitrogens with two attached hydrogens (primary N) is 2. The fraction of sp³-hybridized carbons (Fsp3) is 0.522. The van der Waals surface area contributed by atoms with Crippen molar-refractivity contribution in [2.75, 3.05) is 5.75 Å². The Hall–Kier alpha value is -3.12. The first-order chi connectivity index (χ1) is 16.5. The molecule has 0 aliphatic rings. The number of hydrogen-bond donors (Lipinski definition) is 7. The van der Waals surface area contributed by atoms with E-state index < -0.39 is 53.8 Å². The van der Waals surface area contributed by atoms with Crippen LogP contribution in [0.2, 0.25) is 0 Å². The van der Waals surface area contributed by atoms with Gasteiger partial charge >= 0.3 is 5.97 Å². The molecule has 0 radical (unpaired) electrons. The number of amides is 4. The summed E-state index contributed by atoms with van der Waals surface area (Å²) < 4.78 is 0. The summed E-state index contributed by atoms with van der Waals surface area (Å²) in [5.41, 5.74) is 11.7. The van der Waals surface area contributed by atoms with Gasteiger partial charge in [-0.1, -0.05) is 50.6 Å². The standard InChI is InChI=1S/C23H35N5O6S/c1-3-13(2)19(23(33)34)28-22(32)17(12-35)27-21(31)16(11-14-7-5-4-6-8-14)26-20(30)15(24)9-10-18(25)29/h4-8,13,15-17,19,35H,3,9-12,24H2,1-2H3,(H2,25,29)(H,26,30)(H,27,31)(H,28,32)(H,33,34). The minimum atomic E-state index is -1.18. The van der Waals surface area contributed by atoms with Crippen LogP contribution in [0, 0.1) is 5.92 Å². The third-order valence-corrected chi connectivity index (χ3v) is 5.91. The first-order valence-electron chi connectivity index (χ1n) is 11.3. The smallest absolute Gasteiger partial charge is 0.326 e. The lowest BCUT2D eigenvalue weighted by Crippen LogP contribution is -2.58. The van der Waals surface area contributed by atoms with E-state index in [2.05, 4.69) is 28.6 Å². The summed E-state index contributed by atoms with van der Waals surface area (Å²) in [4.78, 5) is 60.9. The van der Waals surface area contributed by atoms with E-state index >= 15 is 0 Å². The number of carboxylic acid groups (broad SMARTS) is 1. The van der Waals surface area contributed by atoms with Gasteiger partial charge in [-0.05, 0) is 17.9 Å². The van der Waals surface area contributed by atoms with Crippen LogP contribution >= 0.6 is 12.6 Å². The number of rotatable bonds is 15. The summed E-state index contributed by atoms with van der Waals surface area (Å²) in [7, 11) is 0. The number of carbonyl (C=O) groups is 5. The van der Waals surface area contributed by atoms with Crippen molar-refractivity contribution in [3.63, 3.8) is 0 Å². The number of carboxylic acids is 1. The molecule has 11 nitrogen and oxygen atoms in total. The first kappa shape index (κ1) is 29.9. The second-order valence-electron chi connectivity index (χ2n) is 8.32. The van der Waals surface area contributed by atoms with Gasteiger partial charge in [0.2, 0.25) is 23.6 Å². The monoisotopic (exact) mass is 509 g/mol. The summed E-state index contributed by atoms with van der Waals surface area (Å²) >= 11 is 4.12. The molecule has 0 aliphatic carbocycles. The predicted molar refractivity (Wildman–Crippen MR) is 133 cm³/mol. The van der Waals surface area contributed by atoms with Gasteiger partial charge in [0.05, 0.1) is 6.04 Å². The molecule has 0 saturated heterocycles. The molecule has 1 rings (SSSR count). The lowest BCUT2D eigenvalue weighted by Gasteiger charge is -2.26. The van der Waals surface area contributed by atoms with E-state index in [9.17, 15) is 29.1 Å². The van der Waals surface area contributed by atoms with Crippen LogP contribution in [0.3, 0.4) is 0 Å². The Morgan fingerprint density at radius 3 is 2.06 bits per heavy atom. The van der Waals surface area contributed by atoms with Crippen LogP contribution in [0.15, 0.2) is 30.3 Å². The molecule has 5 atom stereocenters. The van der Waals surface area contributed by atoms with Crippen molar-refractivity contribution in [2.45, 2.75) is 63.7 Å². The van der Waals surface area contributed by atoms with Gasteiger partial charge in [-0.25, -0.2) is 4.79 Å². The highest BCUT2D eigenvalue weighted by Crippen LogP contribution is 2.09. The summed E-state index contributed by atoms with van der Waals surface area (Å²) in [5, 5.41) is 17.0. The lowest BCUT2D eigenvalue weighted by molar-refractivity contribution is -0.143. The number of thiol groups is 1. The Bertz CT molecular complexity index is 884. The van der Waals surface area contributed by atoms with Crippen LogP contribution < -0.4 is 27.4 Å². The second kappa shape index (κ2) is 15.0. The third kappa shape index (κ3) is 10.4. The first-order valence-corrected chi connectivity index (χ1v) is 12.0. The Balaban J connectivity index is 2.99. The normalized spacial score (nSPS) is 15.1. The zero-order valence-electron chi connectivity index (χ0n) is 19.9. The molecule has 194 valence electrons. The van der Waals surface area contributed by atoms with Gasteiger partial charge < -0.3 is 32.5 Å². The minimum Gasteiger partial charge on any atom is -0.480 e. The molecule has 35 heavy (non-hydrogen) atoms. The van der Waals surface area contributed by atoms with Crippen LogP contribution in [0.25, 0.3) is 0 Å². The van der Waals surface area contributed by atoms with E-state index in [1.165, 1.54) is 0 Å². The Morgan fingerprint density at radius 2 is 1.54 bits per heavy atom. The molecule has 0 spiro atoms. The number of primary amides is 1. The molecule has 0 aromatic heterocycles. The Labute approximate surface area is 210 Å². The highest BCUT2D eigenvalue weighted by molar-refractivity contribution is 7.80. The van der Waals surface area contributed by atoms with Crippen molar-refractivity contribution in [2.24, 2.45) is 17.4 Å². The van der Waals surface area contributed by atoms with E-state index in [-0.39, 0.29) is 30.9 Å². The van der Waals surface area contributed by atoms with Crippen LogP contribution in [0.5, 0.6) is 0 Å². The molecule has 0 bridgehead atoms. The molecule has 1 aromatic rings. The fourth-order valence-electron chi connectivity index (χ4n) is 3.17. The van der Waals surface area contributed by atoms with Crippen LogP contribution in [0.1, 0.15) is 38.7 Å². The average molecular weight is 510 g/mol. The summed E-state index contributed by atoms with van der Waals surface area (Å²) in [6.07, 6.45) is 0.546. The number of carbonyl (C=O) groups excluding carboxylic acids is 4. The summed E-state index contributed by atoms with van der Waals surface area (Å²) in [6, 6.07) is 4.45. The van der Waals surface area contributed by atoms with Crippen molar-refractivity contribution >= 4 is 42.2 Å². The molecule has 1 aromatic carbocycles. The topological polar surface area (TPSA) is 194 Å². The quantitative estimate of drug-likeness (QED) is 0.152. The Morgan fingerprint density at radius 1 is 0.971 bits per heavy atom. The molecule has 0 aliphatic heterocycles. The van der Waals surface area contributed by atoms with E-state index in [0.717, 1.165) is 5.56 Å². The van der Waals surface area contributed by atoms with Gasteiger partial charge in [-0.15, -0.1) is 0 Å². The van der Waals surface area contributed by atoms with E-state index in [1.54, 1.807) is 44.2 Å². The molecular formula is C23H35N5O6S. The Kier molecular flexibility index (Phi) is 12.8. The highest BCUT2D eigenvalue weighted by Gasteiger charge is 2.31. The molecule has 12 heteroatoms. The number of hydrogen-bond acceptors (Lipinski definition) is 7. The predicted octanol–water partition coefficient (Wildman–Crippen LogP) is -0.663. The van der Waals surface area contributed by atoms with Gasteiger partial charge in [0.15, 0.2) is 0 Å². The summed E-state index contributed by atoms with van der Waals surface area (Å²) in [6.45, 7) is 3.50. The van der Waals surface area contributed by atoms with Gasteiger partial charge in [-0.3, -0.25) is 19.2 Å². The van der Waals surface area contributed by atoms with Crippen molar-refractivity contribution < 1.29 is 29.1 Å². The molecule has 0 fully saturated rings. The van der Waals surface area contributed by atoms with Crippen molar-refractivity contribution in [1.82, 2.24) is 16.0 Å². The van der Waals surface area contributed by atoms with E-state index in [0.29, 0.717) is 6.42 Å².